The van der Waals surface area contributed by atoms with Crippen LogP contribution in [0.15, 0.2) is 40.8 Å². The molecule has 1 unspecified atom stereocenters. The Labute approximate surface area is 236 Å². The van der Waals surface area contributed by atoms with Gasteiger partial charge in [0.15, 0.2) is 29.1 Å². The van der Waals surface area contributed by atoms with Crippen LogP contribution in [0.5, 0.6) is 11.5 Å². The Bertz CT molecular complexity index is 1480. The van der Waals surface area contributed by atoms with Crippen LogP contribution in [0.1, 0.15) is 53.7 Å². The normalized spacial score (nSPS) is 14.2. The second-order valence-corrected chi connectivity index (χ2v) is 9.29. The van der Waals surface area contributed by atoms with Crippen molar-refractivity contribution < 1.29 is 50.6 Å². The third-order valence-corrected chi connectivity index (χ3v) is 6.17. The van der Waals surface area contributed by atoms with Gasteiger partial charge in [0, 0.05) is 24.2 Å². The third kappa shape index (κ3) is 7.27. The molecule has 15 heteroatoms. The number of alkyl halides is 2. The first-order valence-electron chi connectivity index (χ1n) is 12.6. The molecule has 2 aromatic carbocycles. The number of likely N-dealkylation sites (N-methyl/N-ethyl adjacent to an activating group) is 1. The van der Waals surface area contributed by atoms with E-state index in [1.165, 1.54) is 32.2 Å². The van der Waals surface area contributed by atoms with Crippen LogP contribution >= 0.6 is 0 Å². The fraction of sp³-hybridized carbons (Fsp3) is 0.333. The monoisotopic (exact) mass is 594 g/mol. The minimum Gasteiger partial charge on any atom is -0.489 e. The molecule has 0 spiro atoms. The lowest BCUT2D eigenvalue weighted by molar-refractivity contribution is -0.122. The zero-order valence-corrected chi connectivity index (χ0v) is 22.3. The number of primary amides is 1. The number of carbonyl (C=O) groups excluding carboxylic acids is 3. The lowest BCUT2D eigenvalue weighted by Gasteiger charge is -2.18. The summed E-state index contributed by atoms with van der Waals surface area (Å²) >= 11 is 0. The molecule has 1 aliphatic carbocycles. The third-order valence-electron chi connectivity index (χ3n) is 6.17. The van der Waals surface area contributed by atoms with Gasteiger partial charge < -0.3 is 35.0 Å². The van der Waals surface area contributed by atoms with Crippen LogP contribution in [0.2, 0.25) is 0 Å². The molecule has 1 saturated carbocycles. The Morgan fingerprint density at radius 3 is 2.48 bits per heavy atom. The zero-order valence-electron chi connectivity index (χ0n) is 22.3. The molecule has 4 N–H and O–H groups in total. The second kappa shape index (κ2) is 12.8. The van der Waals surface area contributed by atoms with Gasteiger partial charge in [0.1, 0.15) is 17.7 Å². The number of ether oxygens (including phenoxy) is 3. The average Bonchev–Trinajstić information content (AvgIpc) is 3.65. The van der Waals surface area contributed by atoms with Crippen molar-refractivity contribution in [3.05, 3.63) is 65.1 Å². The Hall–Kier alpha value is -4.82. The fourth-order valence-electron chi connectivity index (χ4n) is 3.92. The predicted octanol–water partition coefficient (Wildman–Crippen LogP) is 4.38. The lowest BCUT2D eigenvalue weighted by atomic mass is 10.0. The molecule has 224 valence electrons. The molecule has 2 atom stereocenters. The molecule has 11 nitrogen and oxygen atoms in total. The summed E-state index contributed by atoms with van der Waals surface area (Å²) in [5.74, 6) is -4.40. The summed E-state index contributed by atoms with van der Waals surface area (Å²) in [7, 11) is 1.25. The van der Waals surface area contributed by atoms with E-state index in [1.54, 1.807) is 0 Å². The predicted molar refractivity (Wildman–Crippen MR) is 137 cm³/mol. The van der Waals surface area contributed by atoms with E-state index >= 15 is 0 Å². The molecule has 3 amide bonds. The molecule has 42 heavy (non-hydrogen) atoms. The Balaban J connectivity index is 1.72. The number of nitrogens with two attached hydrogens (primary N) is 1. The first kappa shape index (κ1) is 30.1. The highest BCUT2D eigenvalue weighted by atomic mass is 19.3. The van der Waals surface area contributed by atoms with Crippen LogP contribution in [0.4, 0.5) is 22.4 Å². The summed E-state index contributed by atoms with van der Waals surface area (Å²) in [6.07, 6.45) is -0.600. The van der Waals surface area contributed by atoms with Gasteiger partial charge in [0.2, 0.25) is 11.8 Å². The topological polar surface area (TPSA) is 155 Å². The number of nitrogens with one attached hydrogen (secondary N) is 2. The molecule has 4 rings (SSSR count). The molecule has 1 aliphatic rings. The van der Waals surface area contributed by atoms with Crippen molar-refractivity contribution in [1.29, 1.82) is 0 Å². The van der Waals surface area contributed by atoms with Crippen LogP contribution in [0.3, 0.4) is 0 Å². The quantitative estimate of drug-likeness (QED) is 0.261. The number of oxazole rings is 1. The number of hydrogen-bond acceptors (Lipinski definition) is 8. The van der Waals surface area contributed by atoms with E-state index in [1.807, 2.05) is 0 Å². The maximum Gasteiger partial charge on any atom is 0.405 e. The minimum absolute atomic E-state index is 0.0293. The molecule has 0 bridgehead atoms. The van der Waals surface area contributed by atoms with Crippen molar-refractivity contribution >= 4 is 17.9 Å². The SMILES string of the molecule is CNC(=O)C(NC(=O)c1nc(-c2ccc(OC(F)F)c(OCC3CC3)c2)oc1[C@H](C)OC(N)=O)c1ccc(F)cc1F. The fourth-order valence-corrected chi connectivity index (χ4v) is 3.92. The Kier molecular flexibility index (Phi) is 9.18. The van der Waals surface area contributed by atoms with Gasteiger partial charge in [0.25, 0.3) is 5.91 Å². The van der Waals surface area contributed by atoms with Gasteiger partial charge in [-0.1, -0.05) is 6.07 Å². The van der Waals surface area contributed by atoms with Gasteiger partial charge in [-0.15, -0.1) is 0 Å². The number of aromatic nitrogens is 1. The van der Waals surface area contributed by atoms with Crippen molar-refractivity contribution in [3.8, 4) is 23.0 Å². The molecular weight excluding hydrogens is 568 g/mol. The van der Waals surface area contributed by atoms with Crippen molar-refractivity contribution in [1.82, 2.24) is 15.6 Å². The smallest absolute Gasteiger partial charge is 0.405 e. The Morgan fingerprint density at radius 1 is 1.12 bits per heavy atom. The highest BCUT2D eigenvalue weighted by Crippen LogP contribution is 2.37. The van der Waals surface area contributed by atoms with E-state index in [9.17, 15) is 31.9 Å². The molecule has 0 saturated heterocycles. The van der Waals surface area contributed by atoms with Crippen LogP contribution < -0.4 is 25.8 Å². The van der Waals surface area contributed by atoms with Crippen molar-refractivity contribution in [2.75, 3.05) is 13.7 Å². The van der Waals surface area contributed by atoms with E-state index in [4.69, 9.17) is 19.6 Å². The van der Waals surface area contributed by atoms with E-state index in [-0.39, 0.29) is 46.8 Å². The van der Waals surface area contributed by atoms with Crippen molar-refractivity contribution in [2.45, 2.75) is 38.5 Å². The van der Waals surface area contributed by atoms with E-state index in [0.717, 1.165) is 25.0 Å². The van der Waals surface area contributed by atoms with Gasteiger partial charge in [-0.3, -0.25) is 9.59 Å². The molecule has 1 heterocycles. The minimum atomic E-state index is -3.12. The first-order valence-corrected chi connectivity index (χ1v) is 12.6. The Morgan fingerprint density at radius 2 is 1.86 bits per heavy atom. The molecule has 1 fully saturated rings. The lowest BCUT2D eigenvalue weighted by Crippen LogP contribution is -2.40. The highest BCUT2D eigenvalue weighted by molar-refractivity contribution is 5.97. The number of carbonyl (C=O) groups is 3. The number of rotatable bonds is 12. The van der Waals surface area contributed by atoms with E-state index in [2.05, 4.69) is 20.4 Å². The van der Waals surface area contributed by atoms with Gasteiger partial charge in [-0.2, -0.15) is 8.78 Å². The maximum atomic E-state index is 14.5. The summed E-state index contributed by atoms with van der Waals surface area (Å²) in [6.45, 7) is -1.53. The molecule has 0 aliphatic heterocycles. The van der Waals surface area contributed by atoms with Crippen molar-refractivity contribution in [2.24, 2.45) is 11.7 Å². The molecule has 0 radical (unpaired) electrons. The molecule has 3 aromatic rings. The maximum absolute atomic E-state index is 14.5. The van der Waals surface area contributed by atoms with Gasteiger partial charge >= 0.3 is 12.7 Å². The highest BCUT2D eigenvalue weighted by Gasteiger charge is 2.32. The summed E-state index contributed by atoms with van der Waals surface area (Å²) in [4.78, 5) is 41.6. The number of hydrogen-bond donors (Lipinski definition) is 3. The standard InChI is InChI=1S/C27H26F4N4O7/c1-12(40-27(32)38)22-21(24(37)34-20(23(36)33-2)16-7-6-15(28)10-17(16)29)35-25(42-22)14-5-8-18(41-26(30)31)19(9-14)39-11-13-3-4-13/h5-10,12-13,20,26H,3-4,11H2,1-2H3,(H2,32,38)(H,33,36)(H,34,37)/t12-,20?/m0/s1. The van der Waals surface area contributed by atoms with Gasteiger partial charge in [-0.05, 0) is 49.9 Å². The van der Waals surface area contributed by atoms with Crippen LogP contribution in [-0.2, 0) is 9.53 Å². The summed E-state index contributed by atoms with van der Waals surface area (Å²) < 4.78 is 74.8. The van der Waals surface area contributed by atoms with Crippen LogP contribution in [-0.4, -0.2) is 43.2 Å². The summed E-state index contributed by atoms with van der Waals surface area (Å²) in [6, 6.07) is 4.66. The van der Waals surface area contributed by atoms with E-state index in [0.29, 0.717) is 6.07 Å². The van der Waals surface area contributed by atoms with E-state index < -0.39 is 54.0 Å². The first-order chi connectivity index (χ1) is 20.0. The number of benzene rings is 2. The zero-order chi connectivity index (χ0) is 30.6. The molecule has 1 aromatic heterocycles. The van der Waals surface area contributed by atoms with Gasteiger partial charge in [0.05, 0.1) is 6.61 Å². The van der Waals surface area contributed by atoms with Crippen LogP contribution in [0.25, 0.3) is 11.5 Å². The number of amides is 3. The summed E-state index contributed by atoms with van der Waals surface area (Å²) in [5.41, 5.74) is 4.47. The largest absolute Gasteiger partial charge is 0.489 e. The molecular formula is C27H26F4N4O7. The average molecular weight is 595 g/mol. The van der Waals surface area contributed by atoms with Crippen LogP contribution in [0, 0.1) is 17.6 Å². The van der Waals surface area contributed by atoms with Gasteiger partial charge in [-0.25, -0.2) is 18.6 Å². The van der Waals surface area contributed by atoms with Crippen molar-refractivity contribution in [3.63, 3.8) is 0 Å². The number of halogens is 4. The number of nitrogens with zero attached hydrogens (tertiary/aromatic N) is 1. The second-order valence-electron chi connectivity index (χ2n) is 9.29. The summed E-state index contributed by atoms with van der Waals surface area (Å²) in [5, 5.41) is 4.60.